The van der Waals surface area contributed by atoms with E-state index in [0.29, 0.717) is 24.7 Å². The van der Waals surface area contributed by atoms with E-state index in [-0.39, 0.29) is 5.95 Å². The van der Waals surface area contributed by atoms with E-state index in [1.165, 1.54) is 0 Å². The Hall–Kier alpha value is -1.63. The van der Waals surface area contributed by atoms with Crippen molar-refractivity contribution in [1.82, 2.24) is 15.0 Å². The van der Waals surface area contributed by atoms with Crippen molar-refractivity contribution in [3.63, 3.8) is 0 Å². The molecule has 0 bridgehead atoms. The maximum atomic E-state index is 5.70. The van der Waals surface area contributed by atoms with Gasteiger partial charge in [0.15, 0.2) is 0 Å². The van der Waals surface area contributed by atoms with Crippen LogP contribution in [0.15, 0.2) is 0 Å². The maximum Gasteiger partial charge on any atom is 0.323 e. The van der Waals surface area contributed by atoms with Crippen LogP contribution >= 0.6 is 0 Å². The predicted octanol–water partition coefficient (Wildman–Crippen LogP) is 0.858. The topological polar surface area (TPSA) is 86.4 Å². The second kappa shape index (κ2) is 6.51. The van der Waals surface area contributed by atoms with Crippen molar-refractivity contribution >= 4 is 11.9 Å². The van der Waals surface area contributed by atoms with Gasteiger partial charge in [0.2, 0.25) is 11.9 Å². The third-order valence-corrected chi connectivity index (χ3v) is 3.11. The molecule has 0 unspecified atom stereocenters. The van der Waals surface area contributed by atoms with Gasteiger partial charge in [-0.25, -0.2) is 0 Å². The molecule has 106 valence electrons. The minimum atomic E-state index is 0.199. The van der Waals surface area contributed by atoms with E-state index >= 15 is 0 Å². The van der Waals surface area contributed by atoms with Gasteiger partial charge in [-0.3, -0.25) is 0 Å². The molecule has 2 heterocycles. The smallest absolute Gasteiger partial charge is 0.323 e. The van der Waals surface area contributed by atoms with E-state index in [1.807, 2.05) is 6.92 Å². The van der Waals surface area contributed by atoms with Crippen molar-refractivity contribution in [1.29, 1.82) is 0 Å². The number of nitrogens with zero attached hydrogens (tertiary/aromatic N) is 4. The molecule has 0 spiro atoms. The van der Waals surface area contributed by atoms with Crippen molar-refractivity contribution in [3.8, 4) is 6.01 Å². The van der Waals surface area contributed by atoms with Crippen LogP contribution in [-0.4, -0.2) is 47.9 Å². The second-order valence-corrected chi connectivity index (χ2v) is 4.55. The third-order valence-electron chi connectivity index (χ3n) is 3.11. The Balaban J connectivity index is 2.05. The summed E-state index contributed by atoms with van der Waals surface area (Å²) in [6, 6.07) is 0.304. The minimum Gasteiger partial charge on any atom is -0.463 e. The number of hydrogen-bond acceptors (Lipinski definition) is 7. The number of piperidine rings is 1. The highest BCUT2D eigenvalue weighted by Gasteiger charge is 2.21. The van der Waals surface area contributed by atoms with E-state index in [2.05, 4.69) is 19.9 Å². The molecule has 1 fully saturated rings. The van der Waals surface area contributed by atoms with Gasteiger partial charge in [-0.15, -0.1) is 0 Å². The van der Waals surface area contributed by atoms with Crippen LogP contribution in [0.2, 0.25) is 0 Å². The molecule has 7 nitrogen and oxygen atoms in total. The lowest BCUT2D eigenvalue weighted by Crippen LogP contribution is -2.37. The van der Waals surface area contributed by atoms with Crippen LogP contribution in [0.3, 0.4) is 0 Å². The molecular formula is C12H21N5O2. The lowest BCUT2D eigenvalue weighted by molar-refractivity contribution is 0.0816. The Morgan fingerprint density at radius 3 is 2.63 bits per heavy atom. The van der Waals surface area contributed by atoms with Crippen LogP contribution in [-0.2, 0) is 4.74 Å². The molecule has 1 aromatic rings. The molecule has 1 saturated heterocycles. The highest BCUT2D eigenvalue weighted by molar-refractivity contribution is 5.36. The van der Waals surface area contributed by atoms with Crippen molar-refractivity contribution in [2.75, 3.05) is 37.4 Å². The fourth-order valence-electron chi connectivity index (χ4n) is 2.05. The zero-order valence-electron chi connectivity index (χ0n) is 11.5. The highest BCUT2D eigenvalue weighted by atomic mass is 16.5. The largest absolute Gasteiger partial charge is 0.463 e. The number of nitrogen functional groups attached to an aromatic ring is 1. The summed E-state index contributed by atoms with van der Waals surface area (Å²) in [5, 5.41) is 0. The lowest BCUT2D eigenvalue weighted by Gasteiger charge is -2.31. The molecular weight excluding hydrogens is 246 g/mol. The number of aromatic nitrogens is 3. The molecule has 0 atom stereocenters. The second-order valence-electron chi connectivity index (χ2n) is 4.55. The van der Waals surface area contributed by atoms with Gasteiger partial charge in [-0.05, 0) is 19.3 Å². The fraction of sp³-hybridized carbons (Fsp3) is 0.750. The van der Waals surface area contributed by atoms with Crippen LogP contribution < -0.4 is 15.4 Å². The summed E-state index contributed by atoms with van der Waals surface area (Å²) < 4.78 is 10.8. The lowest BCUT2D eigenvalue weighted by atomic mass is 10.1. The van der Waals surface area contributed by atoms with Gasteiger partial charge in [0.1, 0.15) is 0 Å². The van der Waals surface area contributed by atoms with Gasteiger partial charge >= 0.3 is 6.01 Å². The fourth-order valence-corrected chi connectivity index (χ4v) is 2.05. The standard InChI is InChI=1S/C12H21N5O2/c1-3-8-19-12-15-10(13)14-11(16-12)17-6-4-9(18-2)5-7-17/h9H,3-8H2,1-2H3,(H2,13,14,15,16). The van der Waals surface area contributed by atoms with Gasteiger partial charge in [-0.1, -0.05) is 6.92 Å². The quantitative estimate of drug-likeness (QED) is 0.846. The van der Waals surface area contributed by atoms with E-state index in [0.717, 1.165) is 32.4 Å². The van der Waals surface area contributed by atoms with Crippen LogP contribution in [0.25, 0.3) is 0 Å². The molecule has 0 amide bonds. The van der Waals surface area contributed by atoms with E-state index in [9.17, 15) is 0 Å². The van der Waals surface area contributed by atoms with Crippen LogP contribution in [0.5, 0.6) is 6.01 Å². The van der Waals surface area contributed by atoms with E-state index in [1.54, 1.807) is 7.11 Å². The first-order valence-electron chi connectivity index (χ1n) is 6.65. The maximum absolute atomic E-state index is 5.70. The van der Waals surface area contributed by atoms with Crippen LogP contribution in [0.4, 0.5) is 11.9 Å². The normalized spacial score (nSPS) is 16.6. The minimum absolute atomic E-state index is 0.199. The molecule has 0 aliphatic carbocycles. The summed E-state index contributed by atoms with van der Waals surface area (Å²) in [5.41, 5.74) is 5.70. The summed E-state index contributed by atoms with van der Waals surface area (Å²) in [6.45, 7) is 4.32. The number of ether oxygens (including phenoxy) is 2. The Kier molecular flexibility index (Phi) is 4.73. The molecule has 2 N–H and O–H groups in total. The zero-order valence-corrected chi connectivity index (χ0v) is 11.5. The van der Waals surface area contributed by atoms with Crippen LogP contribution in [0.1, 0.15) is 26.2 Å². The Morgan fingerprint density at radius 1 is 1.26 bits per heavy atom. The molecule has 0 radical (unpaired) electrons. The monoisotopic (exact) mass is 267 g/mol. The zero-order chi connectivity index (χ0) is 13.7. The molecule has 1 aliphatic rings. The predicted molar refractivity (Wildman–Crippen MR) is 72.3 cm³/mol. The number of anilines is 2. The number of nitrogens with two attached hydrogens (primary N) is 1. The first kappa shape index (κ1) is 13.8. The van der Waals surface area contributed by atoms with Crippen molar-refractivity contribution < 1.29 is 9.47 Å². The molecule has 7 heteroatoms. The first-order chi connectivity index (χ1) is 9.22. The SMILES string of the molecule is CCCOc1nc(N)nc(N2CCC(OC)CC2)n1. The van der Waals surface area contributed by atoms with Gasteiger partial charge < -0.3 is 20.1 Å². The third kappa shape index (κ3) is 3.66. The summed E-state index contributed by atoms with van der Waals surface area (Å²) in [5.74, 6) is 0.790. The molecule has 19 heavy (non-hydrogen) atoms. The van der Waals surface area contributed by atoms with Gasteiger partial charge in [0.25, 0.3) is 0 Å². The Morgan fingerprint density at radius 2 is 2.00 bits per heavy atom. The summed E-state index contributed by atoms with van der Waals surface area (Å²) >= 11 is 0. The van der Waals surface area contributed by atoms with E-state index in [4.69, 9.17) is 15.2 Å². The van der Waals surface area contributed by atoms with E-state index < -0.39 is 0 Å². The van der Waals surface area contributed by atoms with Crippen molar-refractivity contribution in [2.45, 2.75) is 32.3 Å². The number of rotatable bonds is 5. The van der Waals surface area contributed by atoms with Crippen molar-refractivity contribution in [2.24, 2.45) is 0 Å². The van der Waals surface area contributed by atoms with Gasteiger partial charge in [-0.2, -0.15) is 15.0 Å². The van der Waals surface area contributed by atoms with Gasteiger partial charge in [0.05, 0.1) is 12.7 Å². The number of methoxy groups -OCH3 is 1. The highest BCUT2D eigenvalue weighted by Crippen LogP contribution is 2.19. The average Bonchev–Trinajstić information content (AvgIpc) is 2.44. The molecule has 0 aromatic carbocycles. The van der Waals surface area contributed by atoms with Crippen molar-refractivity contribution in [3.05, 3.63) is 0 Å². The molecule has 1 aliphatic heterocycles. The van der Waals surface area contributed by atoms with Gasteiger partial charge in [0, 0.05) is 20.2 Å². The molecule has 0 saturated carbocycles. The molecule has 1 aromatic heterocycles. The Labute approximate surface area is 113 Å². The summed E-state index contributed by atoms with van der Waals surface area (Å²) in [6.07, 6.45) is 3.16. The van der Waals surface area contributed by atoms with Crippen LogP contribution in [0, 0.1) is 0 Å². The first-order valence-corrected chi connectivity index (χ1v) is 6.65. The molecule has 2 rings (SSSR count). The number of hydrogen-bond donors (Lipinski definition) is 1. The summed E-state index contributed by atoms with van der Waals surface area (Å²) in [4.78, 5) is 14.6. The average molecular weight is 267 g/mol. The summed E-state index contributed by atoms with van der Waals surface area (Å²) in [7, 11) is 1.75. The Bertz CT molecular complexity index is 407.